The summed E-state index contributed by atoms with van der Waals surface area (Å²) in [5, 5.41) is 10.9. The van der Waals surface area contributed by atoms with Gasteiger partial charge in [0.25, 0.3) is 5.69 Å². The molecule has 0 heterocycles. The van der Waals surface area contributed by atoms with Gasteiger partial charge >= 0.3 is 0 Å². The quantitative estimate of drug-likeness (QED) is 0.442. The third kappa shape index (κ3) is 3.69. The van der Waals surface area contributed by atoms with Gasteiger partial charge in [0.1, 0.15) is 0 Å². The lowest BCUT2D eigenvalue weighted by molar-refractivity contribution is -0.384. The smallest absolute Gasteiger partial charge is 0.258 e. The number of nitrogens with zero attached hydrogens (tertiary/aromatic N) is 1. The Labute approximate surface area is 126 Å². The normalized spacial score (nSPS) is 27.2. The third-order valence-corrected chi connectivity index (χ3v) is 5.19. The van der Waals surface area contributed by atoms with Gasteiger partial charge < -0.3 is 0 Å². The molecule has 104 valence electrons. The molecule has 0 N–H and O–H groups in total. The molecule has 1 aromatic rings. The van der Waals surface area contributed by atoms with Crippen molar-refractivity contribution in [1.29, 1.82) is 0 Å². The average Bonchev–Trinajstić information content (AvgIpc) is 2.36. The molecular weight excluding hydrogens is 330 g/mol. The van der Waals surface area contributed by atoms with Crippen LogP contribution in [-0.4, -0.2) is 10.3 Å². The van der Waals surface area contributed by atoms with Gasteiger partial charge in [-0.15, -0.1) is 11.6 Å². The van der Waals surface area contributed by atoms with Crippen molar-refractivity contribution in [3.8, 4) is 0 Å². The van der Waals surface area contributed by atoms with Crippen LogP contribution in [0.2, 0.25) is 0 Å². The molecule has 1 fully saturated rings. The topological polar surface area (TPSA) is 43.1 Å². The molecule has 1 aromatic carbocycles. The van der Waals surface area contributed by atoms with Gasteiger partial charge in [-0.2, -0.15) is 0 Å². The van der Waals surface area contributed by atoms with Crippen LogP contribution in [0.3, 0.4) is 0 Å². The first-order valence-electron chi connectivity index (χ1n) is 6.54. The van der Waals surface area contributed by atoms with Crippen molar-refractivity contribution in [2.24, 2.45) is 11.8 Å². The summed E-state index contributed by atoms with van der Waals surface area (Å²) in [5.74, 6) is 1.18. The summed E-state index contributed by atoms with van der Waals surface area (Å²) < 4.78 is 0.809. The van der Waals surface area contributed by atoms with E-state index in [1.54, 1.807) is 12.1 Å². The Morgan fingerprint density at radius 1 is 1.47 bits per heavy atom. The summed E-state index contributed by atoms with van der Waals surface area (Å²) in [5.41, 5.74) is 1.23. The summed E-state index contributed by atoms with van der Waals surface area (Å²) >= 11 is 9.84. The first kappa shape index (κ1) is 14.8. The molecule has 3 atom stereocenters. The number of alkyl halides is 1. The minimum Gasteiger partial charge on any atom is -0.258 e. The third-order valence-electron chi connectivity index (χ3n) is 3.88. The number of hydrogen-bond acceptors (Lipinski definition) is 2. The first-order chi connectivity index (χ1) is 8.97. The highest BCUT2D eigenvalue weighted by Gasteiger charge is 2.27. The zero-order valence-corrected chi connectivity index (χ0v) is 13.2. The maximum atomic E-state index is 10.7. The molecule has 0 spiro atoms. The van der Waals surface area contributed by atoms with E-state index in [0.29, 0.717) is 5.92 Å². The Bertz CT molecular complexity index is 481. The Morgan fingerprint density at radius 3 is 2.84 bits per heavy atom. The van der Waals surface area contributed by atoms with Crippen LogP contribution in [0.25, 0.3) is 0 Å². The molecule has 0 aromatic heterocycles. The molecule has 2 rings (SSSR count). The number of rotatable bonds is 3. The van der Waals surface area contributed by atoms with Gasteiger partial charge in [0.05, 0.1) is 4.92 Å². The van der Waals surface area contributed by atoms with Crippen molar-refractivity contribution in [1.82, 2.24) is 0 Å². The van der Waals surface area contributed by atoms with Gasteiger partial charge in [0.2, 0.25) is 0 Å². The van der Waals surface area contributed by atoms with Crippen LogP contribution < -0.4 is 0 Å². The van der Waals surface area contributed by atoms with Crippen LogP contribution in [0, 0.1) is 22.0 Å². The maximum absolute atomic E-state index is 10.7. The predicted molar refractivity (Wildman–Crippen MR) is 80.6 cm³/mol. The Hall–Kier alpha value is -0.610. The van der Waals surface area contributed by atoms with E-state index in [0.717, 1.165) is 35.2 Å². The second kappa shape index (κ2) is 6.23. The van der Waals surface area contributed by atoms with Crippen LogP contribution in [0.5, 0.6) is 0 Å². The minimum atomic E-state index is -0.373. The molecule has 1 aliphatic rings. The van der Waals surface area contributed by atoms with Crippen molar-refractivity contribution >= 4 is 33.2 Å². The van der Waals surface area contributed by atoms with Gasteiger partial charge in [-0.05, 0) is 43.1 Å². The van der Waals surface area contributed by atoms with Crippen molar-refractivity contribution in [2.45, 2.75) is 38.0 Å². The van der Waals surface area contributed by atoms with E-state index in [-0.39, 0.29) is 16.0 Å². The highest BCUT2D eigenvalue weighted by atomic mass is 79.9. The Balaban J connectivity index is 2.12. The molecule has 0 bridgehead atoms. The lowest BCUT2D eigenvalue weighted by Crippen LogP contribution is -2.26. The van der Waals surface area contributed by atoms with Crippen LogP contribution in [0.1, 0.15) is 31.7 Å². The monoisotopic (exact) mass is 345 g/mol. The van der Waals surface area contributed by atoms with E-state index in [1.165, 1.54) is 6.42 Å². The number of hydrogen-bond donors (Lipinski definition) is 0. The standard InChI is InChI=1S/C14H17BrClNO2/c1-9-2-5-14(16)11(6-9)7-10-3-4-12(17(18)19)8-13(10)15/h3-4,8-9,11,14H,2,5-7H2,1H3. The predicted octanol–water partition coefficient (Wildman–Crippen LogP) is 4.94. The fraction of sp³-hybridized carbons (Fsp3) is 0.571. The van der Waals surface area contributed by atoms with Crippen molar-refractivity contribution < 1.29 is 4.92 Å². The molecule has 0 saturated heterocycles. The maximum Gasteiger partial charge on any atom is 0.270 e. The molecule has 3 unspecified atom stereocenters. The van der Waals surface area contributed by atoms with E-state index in [4.69, 9.17) is 11.6 Å². The van der Waals surface area contributed by atoms with E-state index in [1.807, 2.05) is 6.07 Å². The fourth-order valence-electron chi connectivity index (χ4n) is 2.77. The van der Waals surface area contributed by atoms with Gasteiger partial charge in [0.15, 0.2) is 0 Å². The number of nitro groups is 1. The highest BCUT2D eigenvalue weighted by molar-refractivity contribution is 9.10. The second-order valence-electron chi connectivity index (χ2n) is 5.43. The summed E-state index contributed by atoms with van der Waals surface area (Å²) in [7, 11) is 0. The largest absolute Gasteiger partial charge is 0.270 e. The van der Waals surface area contributed by atoms with Crippen molar-refractivity contribution in [3.05, 3.63) is 38.3 Å². The number of benzene rings is 1. The molecule has 0 radical (unpaired) electrons. The van der Waals surface area contributed by atoms with Gasteiger partial charge in [-0.1, -0.05) is 28.9 Å². The lowest BCUT2D eigenvalue weighted by Gasteiger charge is -2.31. The van der Waals surface area contributed by atoms with E-state index in [2.05, 4.69) is 22.9 Å². The zero-order valence-electron chi connectivity index (χ0n) is 10.8. The molecule has 1 saturated carbocycles. The Morgan fingerprint density at radius 2 is 2.21 bits per heavy atom. The lowest BCUT2D eigenvalue weighted by atomic mass is 9.79. The average molecular weight is 347 g/mol. The van der Waals surface area contributed by atoms with E-state index >= 15 is 0 Å². The number of nitro benzene ring substituents is 1. The van der Waals surface area contributed by atoms with Crippen molar-refractivity contribution in [2.75, 3.05) is 0 Å². The van der Waals surface area contributed by atoms with Crippen LogP contribution in [0.15, 0.2) is 22.7 Å². The molecule has 0 amide bonds. The summed E-state index contributed by atoms with van der Waals surface area (Å²) in [4.78, 5) is 10.3. The SMILES string of the molecule is CC1CCC(Cl)C(Cc2ccc([N+](=O)[O-])cc2Br)C1. The van der Waals surface area contributed by atoms with Gasteiger partial charge in [-0.3, -0.25) is 10.1 Å². The first-order valence-corrected chi connectivity index (χ1v) is 7.77. The number of non-ortho nitro benzene ring substituents is 1. The summed E-state index contributed by atoms with van der Waals surface area (Å²) in [6.45, 7) is 2.26. The molecule has 19 heavy (non-hydrogen) atoms. The summed E-state index contributed by atoms with van der Waals surface area (Å²) in [6, 6.07) is 4.98. The summed E-state index contributed by atoms with van der Waals surface area (Å²) in [6.07, 6.45) is 4.29. The zero-order chi connectivity index (χ0) is 14.0. The molecule has 5 heteroatoms. The molecule has 3 nitrogen and oxygen atoms in total. The van der Waals surface area contributed by atoms with Gasteiger partial charge in [0, 0.05) is 22.0 Å². The highest BCUT2D eigenvalue weighted by Crippen LogP contribution is 2.36. The van der Waals surface area contributed by atoms with Crippen LogP contribution in [-0.2, 0) is 6.42 Å². The second-order valence-corrected chi connectivity index (χ2v) is 6.85. The Kier molecular flexibility index (Phi) is 4.85. The molecular formula is C14H17BrClNO2. The molecule has 1 aliphatic carbocycles. The van der Waals surface area contributed by atoms with E-state index in [9.17, 15) is 10.1 Å². The van der Waals surface area contributed by atoms with E-state index < -0.39 is 0 Å². The minimum absolute atomic E-state index is 0.120. The van der Waals surface area contributed by atoms with Crippen LogP contribution >= 0.6 is 27.5 Å². The fourth-order valence-corrected chi connectivity index (χ4v) is 3.62. The number of halogens is 2. The van der Waals surface area contributed by atoms with Gasteiger partial charge in [-0.25, -0.2) is 0 Å². The van der Waals surface area contributed by atoms with Crippen LogP contribution in [0.4, 0.5) is 5.69 Å². The molecule has 0 aliphatic heterocycles. The van der Waals surface area contributed by atoms with Crippen molar-refractivity contribution in [3.63, 3.8) is 0 Å².